The minimum Gasteiger partial charge on any atom is -0.300 e. The number of hydrogen-bond donors (Lipinski definition) is 0. The number of carbonyl (C=O) groups is 2. The number of nitrogens with zero attached hydrogens (tertiary/aromatic N) is 1. The molecule has 0 aromatic heterocycles. The molecule has 0 atom stereocenters. The molecule has 3 nitrogen and oxygen atoms in total. The second kappa shape index (κ2) is 5.24. The zero-order valence-corrected chi connectivity index (χ0v) is 12.9. The van der Waals surface area contributed by atoms with E-state index in [4.69, 9.17) is 11.6 Å². The maximum absolute atomic E-state index is 13.9. The Hall–Kier alpha value is -1.72. The molecule has 0 unspecified atom stereocenters. The van der Waals surface area contributed by atoms with Gasteiger partial charge in [0.05, 0.1) is 17.8 Å². The standard InChI is InChI=1S/C15H8BrClFNO2/c16-9-2-4-13-11(5-9)14(20)15(21)19(13)7-8-1-3-10(17)6-12(8)18/h1-6H,7H2. The molecular weight excluding hydrogens is 361 g/mol. The van der Waals surface area contributed by atoms with Crippen molar-refractivity contribution in [3.8, 4) is 0 Å². The van der Waals surface area contributed by atoms with Crippen LogP contribution in [0.15, 0.2) is 40.9 Å². The summed E-state index contributed by atoms with van der Waals surface area (Å²) in [7, 11) is 0. The van der Waals surface area contributed by atoms with Gasteiger partial charge in [-0.05, 0) is 30.3 Å². The van der Waals surface area contributed by atoms with Gasteiger partial charge in [0.15, 0.2) is 0 Å². The summed E-state index contributed by atoms with van der Waals surface area (Å²) in [5.74, 6) is -1.74. The molecule has 0 saturated carbocycles. The van der Waals surface area contributed by atoms with Crippen molar-refractivity contribution in [3.63, 3.8) is 0 Å². The van der Waals surface area contributed by atoms with Gasteiger partial charge in [-0.15, -0.1) is 0 Å². The third-order valence-corrected chi connectivity index (χ3v) is 4.01. The Morgan fingerprint density at radius 3 is 2.62 bits per heavy atom. The van der Waals surface area contributed by atoms with E-state index in [0.717, 1.165) is 0 Å². The van der Waals surface area contributed by atoms with E-state index in [1.807, 2.05) is 0 Å². The maximum Gasteiger partial charge on any atom is 0.299 e. The van der Waals surface area contributed by atoms with Crippen LogP contribution in [0.5, 0.6) is 0 Å². The van der Waals surface area contributed by atoms with Gasteiger partial charge >= 0.3 is 0 Å². The Morgan fingerprint density at radius 2 is 1.90 bits per heavy atom. The van der Waals surface area contributed by atoms with Crippen LogP contribution in [0, 0.1) is 5.82 Å². The normalized spacial score (nSPS) is 13.8. The van der Waals surface area contributed by atoms with Gasteiger partial charge in [0.1, 0.15) is 5.82 Å². The maximum atomic E-state index is 13.9. The van der Waals surface area contributed by atoms with Crippen molar-refractivity contribution in [2.75, 3.05) is 4.90 Å². The molecule has 0 spiro atoms. The van der Waals surface area contributed by atoms with Crippen LogP contribution in [-0.4, -0.2) is 11.7 Å². The molecule has 2 aromatic rings. The number of fused-ring (bicyclic) bond motifs is 1. The van der Waals surface area contributed by atoms with E-state index >= 15 is 0 Å². The van der Waals surface area contributed by atoms with Crippen molar-refractivity contribution < 1.29 is 14.0 Å². The number of halogens is 3. The lowest BCUT2D eigenvalue weighted by Crippen LogP contribution is -2.29. The Morgan fingerprint density at radius 1 is 1.14 bits per heavy atom. The first-order valence-corrected chi connectivity index (χ1v) is 7.24. The molecule has 1 aliphatic heterocycles. The Bertz CT molecular complexity index is 778. The second-order valence-corrected chi connectivity index (χ2v) is 5.97. The van der Waals surface area contributed by atoms with Crippen LogP contribution >= 0.6 is 27.5 Å². The van der Waals surface area contributed by atoms with Crippen molar-refractivity contribution in [2.24, 2.45) is 0 Å². The molecule has 1 aliphatic rings. The predicted octanol–water partition coefficient (Wildman–Crippen LogP) is 3.97. The van der Waals surface area contributed by atoms with E-state index in [1.165, 1.54) is 17.0 Å². The fourth-order valence-electron chi connectivity index (χ4n) is 2.25. The number of benzene rings is 2. The quantitative estimate of drug-likeness (QED) is 0.752. The van der Waals surface area contributed by atoms with Crippen LogP contribution in [-0.2, 0) is 11.3 Å². The molecule has 0 N–H and O–H groups in total. The number of rotatable bonds is 2. The third-order valence-electron chi connectivity index (χ3n) is 3.28. The van der Waals surface area contributed by atoms with Gasteiger partial charge in [-0.2, -0.15) is 0 Å². The van der Waals surface area contributed by atoms with Gasteiger partial charge in [-0.3, -0.25) is 9.59 Å². The number of hydrogen-bond acceptors (Lipinski definition) is 2. The average Bonchev–Trinajstić information content (AvgIpc) is 2.66. The van der Waals surface area contributed by atoms with E-state index in [-0.39, 0.29) is 11.6 Å². The predicted molar refractivity (Wildman–Crippen MR) is 81.1 cm³/mol. The molecule has 1 heterocycles. The highest BCUT2D eigenvalue weighted by Crippen LogP contribution is 2.33. The monoisotopic (exact) mass is 367 g/mol. The van der Waals surface area contributed by atoms with E-state index in [0.29, 0.717) is 21.3 Å². The number of amides is 1. The molecule has 0 aliphatic carbocycles. The molecule has 3 rings (SSSR count). The molecule has 21 heavy (non-hydrogen) atoms. The van der Waals surface area contributed by atoms with Crippen LogP contribution in [0.25, 0.3) is 0 Å². The zero-order chi connectivity index (χ0) is 15.1. The number of Topliss-reactive ketones (excluding diaryl/α,β-unsaturated/α-hetero) is 1. The first-order valence-electron chi connectivity index (χ1n) is 6.07. The molecule has 0 saturated heterocycles. The van der Waals surface area contributed by atoms with Gasteiger partial charge in [-0.1, -0.05) is 33.6 Å². The van der Waals surface area contributed by atoms with Crippen LogP contribution in [0.1, 0.15) is 15.9 Å². The summed E-state index contributed by atoms with van der Waals surface area (Å²) in [5, 5.41) is 0.282. The molecule has 0 radical (unpaired) electrons. The van der Waals surface area contributed by atoms with Gasteiger partial charge < -0.3 is 4.90 Å². The van der Waals surface area contributed by atoms with Crippen molar-refractivity contribution in [3.05, 3.63) is 62.8 Å². The number of anilines is 1. The number of ketones is 1. The lowest BCUT2D eigenvalue weighted by Gasteiger charge is -2.17. The summed E-state index contributed by atoms with van der Waals surface area (Å²) in [6, 6.07) is 9.22. The Balaban J connectivity index is 2.00. The lowest BCUT2D eigenvalue weighted by atomic mass is 10.1. The summed E-state index contributed by atoms with van der Waals surface area (Å²) in [6.45, 7) is -0.0117. The minimum atomic E-state index is -0.655. The van der Waals surface area contributed by atoms with Crippen LogP contribution in [0.2, 0.25) is 5.02 Å². The molecule has 1 amide bonds. The molecule has 0 bridgehead atoms. The highest BCUT2D eigenvalue weighted by molar-refractivity contribution is 9.10. The van der Waals surface area contributed by atoms with E-state index in [2.05, 4.69) is 15.9 Å². The largest absolute Gasteiger partial charge is 0.300 e. The second-order valence-electron chi connectivity index (χ2n) is 4.62. The topological polar surface area (TPSA) is 37.4 Å². The van der Waals surface area contributed by atoms with Crippen molar-refractivity contribution in [2.45, 2.75) is 6.54 Å². The highest BCUT2D eigenvalue weighted by atomic mass is 79.9. The van der Waals surface area contributed by atoms with Crippen LogP contribution in [0.3, 0.4) is 0 Å². The Kier molecular flexibility index (Phi) is 3.55. The van der Waals surface area contributed by atoms with Crippen LogP contribution in [0.4, 0.5) is 10.1 Å². The molecule has 6 heteroatoms. The summed E-state index contributed by atoms with van der Waals surface area (Å²) < 4.78 is 14.6. The first kappa shape index (κ1) is 14.2. The summed E-state index contributed by atoms with van der Waals surface area (Å²) in [6.07, 6.45) is 0. The number of carbonyl (C=O) groups excluding carboxylic acids is 2. The summed E-state index contributed by atoms with van der Waals surface area (Å²) >= 11 is 8.97. The van der Waals surface area contributed by atoms with Gasteiger partial charge in [0.2, 0.25) is 0 Å². The average molecular weight is 369 g/mol. The van der Waals surface area contributed by atoms with Crippen molar-refractivity contribution in [1.29, 1.82) is 0 Å². The molecule has 2 aromatic carbocycles. The van der Waals surface area contributed by atoms with Gasteiger partial charge in [0, 0.05) is 15.1 Å². The van der Waals surface area contributed by atoms with Gasteiger partial charge in [0.25, 0.3) is 11.7 Å². The van der Waals surface area contributed by atoms with Crippen molar-refractivity contribution in [1.82, 2.24) is 0 Å². The zero-order valence-electron chi connectivity index (χ0n) is 10.6. The molecular formula is C15H8BrClFNO2. The summed E-state index contributed by atoms with van der Waals surface area (Å²) in [4.78, 5) is 25.3. The van der Waals surface area contributed by atoms with E-state index < -0.39 is 17.5 Å². The minimum absolute atomic E-state index is 0.0117. The summed E-state index contributed by atoms with van der Waals surface area (Å²) in [5.41, 5.74) is 1.11. The SMILES string of the molecule is O=C1C(=O)N(Cc2ccc(Cl)cc2F)c2ccc(Br)cc21. The molecule has 106 valence electrons. The van der Waals surface area contributed by atoms with Crippen LogP contribution < -0.4 is 4.90 Å². The Labute approximate surface area is 133 Å². The van der Waals surface area contributed by atoms with E-state index in [1.54, 1.807) is 24.3 Å². The fourth-order valence-corrected chi connectivity index (χ4v) is 2.77. The first-order chi connectivity index (χ1) is 9.97. The fraction of sp³-hybridized carbons (Fsp3) is 0.0667. The van der Waals surface area contributed by atoms with Crippen molar-refractivity contribution >= 4 is 44.9 Å². The molecule has 0 fully saturated rings. The smallest absolute Gasteiger partial charge is 0.299 e. The van der Waals surface area contributed by atoms with E-state index in [9.17, 15) is 14.0 Å². The van der Waals surface area contributed by atoms with Gasteiger partial charge in [-0.25, -0.2) is 4.39 Å². The highest BCUT2D eigenvalue weighted by Gasteiger charge is 2.36. The third kappa shape index (κ3) is 2.47. The lowest BCUT2D eigenvalue weighted by molar-refractivity contribution is -0.114.